The van der Waals surface area contributed by atoms with Crippen LogP contribution in [-0.4, -0.2) is 15.3 Å². The van der Waals surface area contributed by atoms with Gasteiger partial charge in [0.15, 0.2) is 5.78 Å². The average Bonchev–Trinajstić information content (AvgIpc) is 2.40. The number of carbonyl (C=O) groups excluding carboxylic acids is 1. The number of aromatic nitrogens is 2. The van der Waals surface area contributed by atoms with Gasteiger partial charge in [0.25, 0.3) is 5.56 Å². The van der Waals surface area contributed by atoms with Crippen molar-refractivity contribution in [3.05, 3.63) is 68.2 Å². The van der Waals surface area contributed by atoms with Crippen molar-refractivity contribution in [2.45, 2.75) is 19.9 Å². The molecule has 104 valence electrons. The topological polar surface area (TPSA) is 71.9 Å². The lowest BCUT2D eigenvalue weighted by atomic mass is 10.1. The molecule has 1 N–H and O–H groups in total. The number of hydrogen-bond donors (Lipinski definition) is 1. The molecule has 0 aliphatic rings. The van der Waals surface area contributed by atoms with E-state index < -0.39 is 17.0 Å². The maximum absolute atomic E-state index is 12.8. The van der Waals surface area contributed by atoms with Crippen LogP contribution in [0.25, 0.3) is 0 Å². The highest BCUT2D eigenvalue weighted by atomic mass is 19.1. The van der Waals surface area contributed by atoms with Gasteiger partial charge >= 0.3 is 5.69 Å². The predicted octanol–water partition coefficient (Wildman–Crippen LogP) is 1.12. The fourth-order valence-electron chi connectivity index (χ4n) is 1.86. The Hall–Kier alpha value is -2.50. The molecule has 0 bridgehead atoms. The predicted molar refractivity (Wildman–Crippen MR) is 71.4 cm³/mol. The number of halogens is 1. The third-order valence-corrected chi connectivity index (χ3v) is 2.98. The molecule has 0 fully saturated rings. The first-order chi connectivity index (χ1) is 9.49. The highest BCUT2D eigenvalue weighted by Gasteiger charge is 2.10. The van der Waals surface area contributed by atoms with Crippen LogP contribution in [0.3, 0.4) is 0 Å². The average molecular weight is 276 g/mol. The number of Topliss-reactive ketones (excluding diaryl/α,β-unsaturated/α-hetero) is 1. The fraction of sp³-hybridized carbons (Fsp3) is 0.214. The van der Waals surface area contributed by atoms with Gasteiger partial charge in [0.1, 0.15) is 5.82 Å². The zero-order valence-electron chi connectivity index (χ0n) is 10.9. The number of aromatic amines is 1. The normalized spacial score (nSPS) is 10.5. The van der Waals surface area contributed by atoms with Gasteiger partial charge in [0.2, 0.25) is 0 Å². The van der Waals surface area contributed by atoms with Gasteiger partial charge in [0.05, 0.1) is 5.56 Å². The summed E-state index contributed by atoms with van der Waals surface area (Å²) in [4.78, 5) is 37.2. The highest BCUT2D eigenvalue weighted by molar-refractivity contribution is 5.93. The summed E-state index contributed by atoms with van der Waals surface area (Å²) in [6.45, 7) is 1.39. The standard InChI is InChI=1S/C14H13FN2O3/c1-9(18)12-8-16-14(20)17(13(12)19)7-6-10-2-4-11(15)5-3-10/h2-5,8H,6-7H2,1H3,(H,16,20). The summed E-state index contributed by atoms with van der Waals surface area (Å²) in [5.41, 5.74) is -0.430. The molecule has 0 unspecified atom stereocenters. The van der Waals surface area contributed by atoms with Crippen LogP contribution in [0, 0.1) is 5.82 Å². The minimum Gasteiger partial charge on any atom is -0.313 e. The van der Waals surface area contributed by atoms with E-state index in [4.69, 9.17) is 0 Å². The van der Waals surface area contributed by atoms with Gasteiger partial charge in [0, 0.05) is 12.7 Å². The van der Waals surface area contributed by atoms with Crippen LogP contribution in [0.1, 0.15) is 22.8 Å². The first-order valence-electron chi connectivity index (χ1n) is 6.07. The number of benzene rings is 1. The van der Waals surface area contributed by atoms with Crippen LogP contribution in [0.5, 0.6) is 0 Å². The number of ketones is 1. The van der Waals surface area contributed by atoms with Crippen molar-refractivity contribution in [3.8, 4) is 0 Å². The zero-order chi connectivity index (χ0) is 14.7. The molecule has 6 heteroatoms. The monoisotopic (exact) mass is 276 g/mol. The van der Waals surface area contributed by atoms with E-state index >= 15 is 0 Å². The van der Waals surface area contributed by atoms with Gasteiger partial charge in [-0.2, -0.15) is 0 Å². The molecule has 0 saturated heterocycles. The Morgan fingerprint density at radius 3 is 2.50 bits per heavy atom. The number of aryl methyl sites for hydroxylation is 1. The lowest BCUT2D eigenvalue weighted by Gasteiger charge is -2.06. The number of nitrogens with zero attached hydrogens (tertiary/aromatic N) is 1. The van der Waals surface area contributed by atoms with E-state index in [0.29, 0.717) is 6.42 Å². The van der Waals surface area contributed by atoms with Crippen molar-refractivity contribution in [2.75, 3.05) is 0 Å². The van der Waals surface area contributed by atoms with E-state index in [0.717, 1.165) is 16.3 Å². The minimum atomic E-state index is -0.608. The molecule has 2 aromatic rings. The molecule has 0 aliphatic heterocycles. The Kier molecular flexibility index (Phi) is 3.93. The van der Waals surface area contributed by atoms with E-state index in [1.54, 1.807) is 12.1 Å². The maximum Gasteiger partial charge on any atom is 0.328 e. The summed E-state index contributed by atoms with van der Waals surface area (Å²) >= 11 is 0. The second kappa shape index (κ2) is 5.64. The van der Waals surface area contributed by atoms with Crippen molar-refractivity contribution in [1.82, 2.24) is 9.55 Å². The largest absolute Gasteiger partial charge is 0.328 e. The van der Waals surface area contributed by atoms with Gasteiger partial charge < -0.3 is 4.98 Å². The van der Waals surface area contributed by atoms with E-state index in [2.05, 4.69) is 4.98 Å². The van der Waals surface area contributed by atoms with Crippen LogP contribution in [-0.2, 0) is 13.0 Å². The third-order valence-electron chi connectivity index (χ3n) is 2.98. The number of H-pyrrole nitrogens is 1. The van der Waals surface area contributed by atoms with E-state index in [1.165, 1.54) is 19.1 Å². The van der Waals surface area contributed by atoms with Crippen molar-refractivity contribution >= 4 is 5.78 Å². The van der Waals surface area contributed by atoms with E-state index in [-0.39, 0.29) is 17.9 Å². The molecular weight excluding hydrogens is 263 g/mol. The molecule has 0 spiro atoms. The molecule has 1 aromatic heterocycles. The number of carbonyl (C=O) groups is 1. The van der Waals surface area contributed by atoms with Crippen LogP contribution in [0.4, 0.5) is 4.39 Å². The zero-order valence-corrected chi connectivity index (χ0v) is 10.9. The summed E-state index contributed by atoms with van der Waals surface area (Å²) < 4.78 is 13.7. The second-order valence-corrected chi connectivity index (χ2v) is 4.40. The molecule has 20 heavy (non-hydrogen) atoms. The Labute approximate surface area is 113 Å². The van der Waals surface area contributed by atoms with Crippen LogP contribution in [0.2, 0.25) is 0 Å². The van der Waals surface area contributed by atoms with Gasteiger partial charge in [-0.25, -0.2) is 9.18 Å². The van der Waals surface area contributed by atoms with Gasteiger partial charge in [-0.3, -0.25) is 14.2 Å². The SMILES string of the molecule is CC(=O)c1c[nH]c(=O)n(CCc2ccc(F)cc2)c1=O. The number of nitrogens with one attached hydrogen (secondary N) is 1. The molecule has 0 radical (unpaired) electrons. The molecule has 0 amide bonds. The van der Waals surface area contributed by atoms with Crippen LogP contribution >= 0.6 is 0 Å². The van der Waals surface area contributed by atoms with Gasteiger partial charge in [-0.05, 0) is 31.0 Å². The molecule has 0 saturated carbocycles. The smallest absolute Gasteiger partial charge is 0.313 e. The molecule has 5 nitrogen and oxygen atoms in total. The first-order valence-corrected chi connectivity index (χ1v) is 6.07. The quantitative estimate of drug-likeness (QED) is 0.851. The molecule has 1 aromatic carbocycles. The highest BCUT2D eigenvalue weighted by Crippen LogP contribution is 2.03. The summed E-state index contributed by atoms with van der Waals surface area (Å²) in [5.74, 6) is -0.746. The Morgan fingerprint density at radius 2 is 1.90 bits per heavy atom. The molecule has 2 rings (SSSR count). The minimum absolute atomic E-state index is 0.0521. The van der Waals surface area contributed by atoms with Gasteiger partial charge in [-0.1, -0.05) is 12.1 Å². The molecule has 0 aliphatic carbocycles. The van der Waals surface area contributed by atoms with E-state index in [9.17, 15) is 18.8 Å². The van der Waals surface area contributed by atoms with Crippen LogP contribution in [0.15, 0.2) is 40.1 Å². The molecule has 1 heterocycles. The third kappa shape index (κ3) is 2.90. The lowest BCUT2D eigenvalue weighted by Crippen LogP contribution is -2.38. The summed E-state index contributed by atoms with van der Waals surface area (Å²) in [6.07, 6.45) is 1.52. The fourth-order valence-corrected chi connectivity index (χ4v) is 1.86. The lowest BCUT2D eigenvalue weighted by molar-refractivity contribution is 0.101. The van der Waals surface area contributed by atoms with Crippen LogP contribution < -0.4 is 11.2 Å². The van der Waals surface area contributed by atoms with Crippen molar-refractivity contribution < 1.29 is 9.18 Å². The van der Waals surface area contributed by atoms with Crippen molar-refractivity contribution in [3.63, 3.8) is 0 Å². The molecular formula is C14H13FN2O3. The second-order valence-electron chi connectivity index (χ2n) is 4.40. The van der Waals surface area contributed by atoms with Gasteiger partial charge in [-0.15, -0.1) is 0 Å². The summed E-state index contributed by atoms with van der Waals surface area (Å²) in [5, 5.41) is 0. The Bertz CT molecular complexity index is 744. The first kappa shape index (κ1) is 13.9. The maximum atomic E-state index is 12.8. The molecule has 0 atom stereocenters. The van der Waals surface area contributed by atoms with Crippen molar-refractivity contribution in [2.24, 2.45) is 0 Å². The Morgan fingerprint density at radius 1 is 1.25 bits per heavy atom. The van der Waals surface area contributed by atoms with Crippen molar-refractivity contribution in [1.29, 1.82) is 0 Å². The number of hydrogen-bond acceptors (Lipinski definition) is 3. The summed E-state index contributed by atoms with van der Waals surface area (Å²) in [6, 6.07) is 5.80. The number of rotatable bonds is 4. The Balaban J connectivity index is 2.27. The van der Waals surface area contributed by atoms with E-state index in [1.807, 2.05) is 0 Å². The summed E-state index contributed by atoms with van der Waals surface area (Å²) in [7, 11) is 0.